The van der Waals surface area contributed by atoms with Gasteiger partial charge in [0.05, 0.1) is 13.7 Å². The molecule has 0 N–H and O–H groups in total. The summed E-state index contributed by atoms with van der Waals surface area (Å²) in [7, 11) is 1.55. The molecule has 0 radical (unpaired) electrons. The number of ether oxygens (including phenoxy) is 2. The molecule has 0 saturated carbocycles. The van der Waals surface area contributed by atoms with E-state index in [4.69, 9.17) is 21.1 Å². The van der Waals surface area contributed by atoms with Crippen LogP contribution in [0.1, 0.15) is 23.6 Å². The maximum Gasteiger partial charge on any atom is 0.220 e. The van der Waals surface area contributed by atoms with Gasteiger partial charge in [0.2, 0.25) is 6.54 Å². The Bertz CT molecular complexity index is 1080. The first-order chi connectivity index (χ1) is 14.8. The lowest BCUT2D eigenvalue weighted by Crippen LogP contribution is -2.12. The zero-order chi connectivity index (χ0) is 22.5. The lowest BCUT2D eigenvalue weighted by atomic mass is 10.1. The Hall–Kier alpha value is -2.30. The van der Waals surface area contributed by atoms with Crippen LogP contribution in [0.5, 0.6) is 11.5 Å². The minimum atomic E-state index is -0.552. The van der Waals surface area contributed by atoms with Crippen molar-refractivity contribution in [2.75, 3.05) is 20.3 Å². The molecule has 1 atom stereocenters. The number of hydrogen-bond donors (Lipinski definition) is 0. The van der Waals surface area contributed by atoms with Crippen molar-refractivity contribution >= 4 is 39.3 Å². The van der Waals surface area contributed by atoms with Crippen molar-refractivity contribution in [3.63, 3.8) is 0 Å². The van der Waals surface area contributed by atoms with Crippen LogP contribution in [0.3, 0.4) is 0 Å². The molecular weight excluding hydrogens is 508 g/mol. The fraction of sp³-hybridized carbons (Fsp3) is 0.300. The smallest absolute Gasteiger partial charge is 0.220 e. The summed E-state index contributed by atoms with van der Waals surface area (Å²) in [6.07, 6.45) is 0. The second kappa shape index (κ2) is 10.3. The number of thioether (sulfide) groups is 1. The molecule has 3 rings (SSSR count). The van der Waals surface area contributed by atoms with Gasteiger partial charge in [-0.3, -0.25) is 14.7 Å². The third-order valence-corrected chi connectivity index (χ3v) is 6.47. The monoisotopic (exact) mass is 526 g/mol. The van der Waals surface area contributed by atoms with Crippen molar-refractivity contribution in [1.29, 1.82) is 0 Å². The van der Waals surface area contributed by atoms with E-state index in [1.54, 1.807) is 31.4 Å². The van der Waals surface area contributed by atoms with Gasteiger partial charge >= 0.3 is 0 Å². The summed E-state index contributed by atoms with van der Waals surface area (Å²) in [4.78, 5) is 11.1. The third-order valence-electron chi connectivity index (χ3n) is 4.37. The summed E-state index contributed by atoms with van der Waals surface area (Å²) in [6.45, 7) is 3.81. The van der Waals surface area contributed by atoms with Crippen LogP contribution in [0.25, 0.3) is 5.69 Å². The van der Waals surface area contributed by atoms with E-state index in [2.05, 4.69) is 26.1 Å². The van der Waals surface area contributed by atoms with Crippen molar-refractivity contribution in [1.82, 2.24) is 14.8 Å². The van der Waals surface area contributed by atoms with Crippen LogP contribution in [-0.2, 0) is 0 Å². The highest BCUT2D eigenvalue weighted by molar-refractivity contribution is 9.10. The normalized spacial score (nSPS) is 11.9. The molecule has 0 aliphatic heterocycles. The molecule has 0 spiro atoms. The quantitative estimate of drug-likeness (QED) is 0.206. The van der Waals surface area contributed by atoms with Gasteiger partial charge in [-0.05, 0) is 55.8 Å². The van der Waals surface area contributed by atoms with E-state index in [-0.39, 0.29) is 11.5 Å². The first-order valence-corrected chi connectivity index (χ1v) is 11.4. The van der Waals surface area contributed by atoms with Gasteiger partial charge in [0, 0.05) is 20.1 Å². The number of rotatable bonds is 9. The first kappa shape index (κ1) is 23.4. The van der Waals surface area contributed by atoms with Crippen LogP contribution in [0.2, 0.25) is 5.02 Å². The van der Waals surface area contributed by atoms with E-state index in [1.165, 1.54) is 11.8 Å². The lowest BCUT2D eigenvalue weighted by Gasteiger charge is -2.18. The summed E-state index contributed by atoms with van der Waals surface area (Å²) >= 11 is 10.8. The molecular formula is C20H20BrClN4O4S. The molecule has 0 fully saturated rings. The largest absolute Gasteiger partial charge is 0.493 e. The van der Waals surface area contributed by atoms with Gasteiger partial charge in [0.25, 0.3) is 0 Å². The molecule has 2 aromatic carbocycles. The average molecular weight is 528 g/mol. The Morgan fingerprint density at radius 3 is 2.58 bits per heavy atom. The van der Waals surface area contributed by atoms with Crippen molar-refractivity contribution < 1.29 is 14.4 Å². The van der Waals surface area contributed by atoms with Gasteiger partial charge in [-0.2, -0.15) is 0 Å². The molecule has 1 aromatic heterocycles. The van der Waals surface area contributed by atoms with E-state index < -0.39 is 5.25 Å². The van der Waals surface area contributed by atoms with Crippen LogP contribution in [-0.4, -0.2) is 39.9 Å². The van der Waals surface area contributed by atoms with Crippen molar-refractivity contribution in [2.45, 2.75) is 24.3 Å². The predicted octanol–water partition coefficient (Wildman–Crippen LogP) is 5.51. The molecule has 0 unspecified atom stereocenters. The van der Waals surface area contributed by atoms with Gasteiger partial charge in [-0.15, -0.1) is 10.2 Å². The number of aryl methyl sites for hydroxylation is 1. The summed E-state index contributed by atoms with van der Waals surface area (Å²) in [5.41, 5.74) is 1.52. The summed E-state index contributed by atoms with van der Waals surface area (Å²) in [6, 6.07) is 10.8. The van der Waals surface area contributed by atoms with Gasteiger partial charge in [0.15, 0.2) is 16.7 Å². The molecule has 3 aromatic rings. The van der Waals surface area contributed by atoms with E-state index in [0.29, 0.717) is 44.1 Å². The van der Waals surface area contributed by atoms with E-state index in [1.807, 2.05) is 30.5 Å². The van der Waals surface area contributed by atoms with Gasteiger partial charge in [-0.1, -0.05) is 39.3 Å². The SMILES string of the molecule is CCOc1cc([C@@H](C[N+](=O)[O-])Sc2nnc(C)n2-c2ccc(Cl)cc2)c(Br)cc1OC. The summed E-state index contributed by atoms with van der Waals surface area (Å²) in [5, 5.41) is 20.5. The maximum atomic E-state index is 11.5. The number of benzene rings is 2. The maximum absolute atomic E-state index is 11.5. The number of methoxy groups -OCH3 is 1. The third kappa shape index (κ3) is 5.50. The first-order valence-electron chi connectivity index (χ1n) is 9.30. The Morgan fingerprint density at radius 2 is 1.97 bits per heavy atom. The van der Waals surface area contributed by atoms with E-state index in [0.717, 1.165) is 5.69 Å². The standard InChI is InChI=1S/C20H20BrClN4O4S/c1-4-30-18-9-15(16(21)10-17(18)29-3)19(11-25(27)28)31-20-24-23-12(2)26(20)14-7-5-13(22)6-8-14/h5-10,19H,4,11H2,1-3H3/t19-/m1/s1. The topological polar surface area (TPSA) is 92.3 Å². The molecule has 0 amide bonds. The highest BCUT2D eigenvalue weighted by atomic mass is 79.9. The predicted molar refractivity (Wildman–Crippen MR) is 123 cm³/mol. The fourth-order valence-corrected chi connectivity index (χ4v) is 5.07. The van der Waals surface area contributed by atoms with Gasteiger partial charge < -0.3 is 9.47 Å². The highest BCUT2D eigenvalue weighted by Gasteiger charge is 2.27. The van der Waals surface area contributed by atoms with Crippen molar-refractivity contribution in [2.24, 2.45) is 0 Å². The van der Waals surface area contributed by atoms with E-state index in [9.17, 15) is 10.1 Å². The van der Waals surface area contributed by atoms with Gasteiger partial charge in [-0.25, -0.2) is 0 Å². The molecule has 0 aliphatic carbocycles. The zero-order valence-corrected chi connectivity index (χ0v) is 20.2. The molecule has 1 heterocycles. The number of nitro groups is 1. The summed E-state index contributed by atoms with van der Waals surface area (Å²) in [5.74, 6) is 1.73. The Morgan fingerprint density at radius 1 is 1.26 bits per heavy atom. The van der Waals surface area contributed by atoms with Crippen molar-refractivity contribution in [3.05, 3.63) is 67.4 Å². The van der Waals surface area contributed by atoms with Crippen molar-refractivity contribution in [3.8, 4) is 17.2 Å². The molecule has 0 bridgehead atoms. The second-order valence-corrected chi connectivity index (χ2v) is 8.88. The minimum absolute atomic E-state index is 0.312. The van der Waals surface area contributed by atoms with Crippen LogP contribution >= 0.6 is 39.3 Å². The Labute approximate surface area is 197 Å². The van der Waals surface area contributed by atoms with Gasteiger partial charge in [0.1, 0.15) is 11.1 Å². The minimum Gasteiger partial charge on any atom is -0.493 e. The van der Waals surface area contributed by atoms with Crippen LogP contribution in [0.4, 0.5) is 0 Å². The molecule has 0 saturated heterocycles. The molecule has 11 heteroatoms. The molecule has 164 valence electrons. The Kier molecular flexibility index (Phi) is 7.79. The number of aromatic nitrogens is 3. The molecule has 31 heavy (non-hydrogen) atoms. The number of hydrogen-bond acceptors (Lipinski definition) is 7. The fourth-order valence-electron chi connectivity index (χ4n) is 2.99. The second-order valence-electron chi connectivity index (χ2n) is 6.42. The molecule has 0 aliphatic rings. The average Bonchev–Trinajstić information content (AvgIpc) is 3.09. The lowest BCUT2D eigenvalue weighted by molar-refractivity contribution is -0.479. The Balaban J connectivity index is 2.04. The van der Waals surface area contributed by atoms with Crippen LogP contribution in [0.15, 0.2) is 46.0 Å². The summed E-state index contributed by atoms with van der Waals surface area (Å²) < 4.78 is 13.6. The number of nitrogens with zero attached hydrogens (tertiary/aromatic N) is 4. The van der Waals surface area contributed by atoms with E-state index >= 15 is 0 Å². The van der Waals surface area contributed by atoms with Crippen LogP contribution in [0, 0.1) is 17.0 Å². The number of halogens is 2. The molecule has 8 nitrogen and oxygen atoms in total. The highest BCUT2D eigenvalue weighted by Crippen LogP contribution is 2.43. The zero-order valence-electron chi connectivity index (χ0n) is 17.0. The van der Waals surface area contributed by atoms with Crippen LogP contribution < -0.4 is 9.47 Å².